The van der Waals surface area contributed by atoms with Crippen molar-refractivity contribution >= 4 is 33.5 Å². The van der Waals surface area contributed by atoms with Gasteiger partial charge in [-0.25, -0.2) is 9.97 Å². The molecular formula is C14H16BrN3S. The molecule has 3 nitrogen and oxygen atoms in total. The number of hydrogen-bond acceptors (Lipinski definition) is 4. The first-order valence-corrected chi connectivity index (χ1v) is 7.54. The van der Waals surface area contributed by atoms with Gasteiger partial charge in [0.25, 0.3) is 0 Å². The fourth-order valence-corrected chi connectivity index (χ4v) is 2.92. The molecule has 2 rings (SSSR count). The van der Waals surface area contributed by atoms with Crippen molar-refractivity contribution in [2.24, 2.45) is 0 Å². The fraction of sp³-hybridized carbons (Fsp3) is 0.286. The Balaban J connectivity index is 2.33. The van der Waals surface area contributed by atoms with Crippen LogP contribution in [-0.4, -0.2) is 9.97 Å². The van der Waals surface area contributed by atoms with Crippen molar-refractivity contribution in [2.45, 2.75) is 36.1 Å². The van der Waals surface area contributed by atoms with Gasteiger partial charge in [-0.2, -0.15) is 0 Å². The molecule has 100 valence electrons. The molecule has 0 atom stereocenters. The van der Waals surface area contributed by atoms with Crippen molar-refractivity contribution in [3.63, 3.8) is 0 Å². The normalized spacial score (nSPS) is 11.6. The van der Waals surface area contributed by atoms with E-state index in [9.17, 15) is 0 Å². The molecule has 0 radical (unpaired) electrons. The summed E-state index contributed by atoms with van der Waals surface area (Å²) in [6.45, 7) is 6.24. The summed E-state index contributed by atoms with van der Waals surface area (Å²) in [6, 6.07) is 9.91. The molecule has 1 aromatic heterocycles. The Morgan fingerprint density at radius 1 is 1.16 bits per heavy atom. The maximum atomic E-state index is 5.87. The van der Waals surface area contributed by atoms with Gasteiger partial charge in [0.15, 0.2) is 0 Å². The summed E-state index contributed by atoms with van der Waals surface area (Å²) >= 11 is 5.05. The zero-order valence-corrected chi connectivity index (χ0v) is 13.5. The molecular weight excluding hydrogens is 322 g/mol. The first-order valence-electron chi connectivity index (χ1n) is 5.93. The first kappa shape index (κ1) is 14.3. The highest BCUT2D eigenvalue weighted by molar-refractivity contribution is 9.10. The standard InChI is InChI=1S/C14H16BrN3S/c1-14(2,3)13-17-11(16)8-12(18-13)19-10-6-4-5-9(15)7-10/h4-8H,1-3H3,(H2,16,17,18). The third-order valence-electron chi connectivity index (χ3n) is 2.41. The second kappa shape index (κ2) is 5.51. The number of halogens is 1. The largest absolute Gasteiger partial charge is 0.384 e. The van der Waals surface area contributed by atoms with Crippen LogP contribution in [0.1, 0.15) is 26.6 Å². The van der Waals surface area contributed by atoms with Crippen molar-refractivity contribution in [3.05, 3.63) is 40.6 Å². The molecule has 0 bridgehead atoms. The highest BCUT2D eigenvalue weighted by Crippen LogP contribution is 2.30. The third kappa shape index (κ3) is 3.94. The van der Waals surface area contributed by atoms with E-state index in [1.54, 1.807) is 17.8 Å². The summed E-state index contributed by atoms with van der Waals surface area (Å²) in [4.78, 5) is 10.0. The highest BCUT2D eigenvalue weighted by Gasteiger charge is 2.18. The van der Waals surface area contributed by atoms with Crippen LogP contribution >= 0.6 is 27.7 Å². The SMILES string of the molecule is CC(C)(C)c1nc(N)cc(Sc2cccc(Br)c2)n1. The molecule has 0 aliphatic heterocycles. The molecule has 2 N–H and O–H groups in total. The Morgan fingerprint density at radius 2 is 1.89 bits per heavy atom. The number of aromatic nitrogens is 2. The Kier molecular flexibility index (Phi) is 4.16. The maximum Gasteiger partial charge on any atom is 0.137 e. The molecule has 0 aliphatic carbocycles. The van der Waals surface area contributed by atoms with E-state index in [1.165, 1.54) is 0 Å². The number of benzene rings is 1. The van der Waals surface area contributed by atoms with Gasteiger partial charge in [0.05, 0.1) is 0 Å². The van der Waals surface area contributed by atoms with Crippen LogP contribution in [-0.2, 0) is 5.41 Å². The van der Waals surface area contributed by atoms with E-state index >= 15 is 0 Å². The van der Waals surface area contributed by atoms with Gasteiger partial charge < -0.3 is 5.73 Å². The number of hydrogen-bond donors (Lipinski definition) is 1. The van der Waals surface area contributed by atoms with E-state index in [2.05, 4.69) is 52.7 Å². The summed E-state index contributed by atoms with van der Waals surface area (Å²) in [5.74, 6) is 1.28. The van der Waals surface area contributed by atoms with Gasteiger partial charge in [0.1, 0.15) is 16.7 Å². The Morgan fingerprint density at radius 3 is 2.53 bits per heavy atom. The lowest BCUT2D eigenvalue weighted by Crippen LogP contribution is -2.17. The second-order valence-electron chi connectivity index (χ2n) is 5.26. The lowest BCUT2D eigenvalue weighted by atomic mass is 9.96. The topological polar surface area (TPSA) is 51.8 Å². The average Bonchev–Trinajstić information content (AvgIpc) is 2.26. The molecule has 19 heavy (non-hydrogen) atoms. The Labute approximate surface area is 126 Å². The number of nitrogen functional groups attached to an aromatic ring is 1. The van der Waals surface area contributed by atoms with Gasteiger partial charge in [0, 0.05) is 20.8 Å². The summed E-state index contributed by atoms with van der Waals surface area (Å²) in [5, 5.41) is 0.871. The molecule has 0 amide bonds. The zero-order valence-electron chi connectivity index (χ0n) is 11.1. The summed E-state index contributed by atoms with van der Waals surface area (Å²) in [6.07, 6.45) is 0. The minimum absolute atomic E-state index is 0.109. The second-order valence-corrected chi connectivity index (χ2v) is 7.27. The van der Waals surface area contributed by atoms with Crippen molar-refractivity contribution in [2.75, 3.05) is 5.73 Å². The quantitative estimate of drug-likeness (QED) is 0.831. The molecule has 1 aromatic carbocycles. The summed E-state index contributed by atoms with van der Waals surface area (Å²) in [7, 11) is 0. The van der Waals surface area contributed by atoms with Crippen molar-refractivity contribution in [1.29, 1.82) is 0 Å². The molecule has 5 heteroatoms. The summed E-state index contributed by atoms with van der Waals surface area (Å²) in [5.41, 5.74) is 5.76. The molecule has 0 fully saturated rings. The van der Waals surface area contributed by atoms with Crippen molar-refractivity contribution in [3.8, 4) is 0 Å². The van der Waals surface area contributed by atoms with E-state index in [0.717, 1.165) is 20.2 Å². The molecule has 1 heterocycles. The van der Waals surface area contributed by atoms with E-state index in [-0.39, 0.29) is 5.41 Å². The smallest absolute Gasteiger partial charge is 0.137 e. The van der Waals surface area contributed by atoms with Crippen molar-refractivity contribution in [1.82, 2.24) is 9.97 Å². The molecule has 0 spiro atoms. The zero-order chi connectivity index (χ0) is 14.0. The monoisotopic (exact) mass is 337 g/mol. The fourth-order valence-electron chi connectivity index (χ4n) is 1.48. The number of anilines is 1. The van der Waals surface area contributed by atoms with Crippen LogP contribution in [0.5, 0.6) is 0 Å². The maximum absolute atomic E-state index is 5.87. The van der Waals surface area contributed by atoms with Gasteiger partial charge in [-0.05, 0) is 18.2 Å². The van der Waals surface area contributed by atoms with Gasteiger partial charge in [-0.1, -0.05) is 54.5 Å². The Bertz CT molecular complexity index is 593. The molecule has 0 aliphatic rings. The van der Waals surface area contributed by atoms with Crippen LogP contribution in [0.15, 0.2) is 44.7 Å². The van der Waals surface area contributed by atoms with E-state index in [1.807, 2.05) is 18.2 Å². The molecule has 0 saturated heterocycles. The van der Waals surface area contributed by atoms with E-state index < -0.39 is 0 Å². The van der Waals surface area contributed by atoms with Gasteiger partial charge >= 0.3 is 0 Å². The average molecular weight is 338 g/mol. The van der Waals surface area contributed by atoms with Crippen LogP contribution < -0.4 is 5.73 Å². The van der Waals surface area contributed by atoms with Crippen LogP contribution in [0.2, 0.25) is 0 Å². The third-order valence-corrected chi connectivity index (χ3v) is 3.81. The number of rotatable bonds is 2. The van der Waals surface area contributed by atoms with Crippen LogP contribution in [0, 0.1) is 0 Å². The summed E-state index contributed by atoms with van der Waals surface area (Å²) < 4.78 is 1.05. The number of nitrogens with two attached hydrogens (primary N) is 1. The van der Waals surface area contributed by atoms with Crippen LogP contribution in [0.3, 0.4) is 0 Å². The molecule has 0 unspecified atom stereocenters. The van der Waals surface area contributed by atoms with Gasteiger partial charge in [0.2, 0.25) is 0 Å². The van der Waals surface area contributed by atoms with E-state index in [0.29, 0.717) is 5.82 Å². The van der Waals surface area contributed by atoms with Gasteiger partial charge in [-0.3, -0.25) is 0 Å². The van der Waals surface area contributed by atoms with Crippen LogP contribution in [0.4, 0.5) is 5.82 Å². The van der Waals surface area contributed by atoms with Crippen molar-refractivity contribution < 1.29 is 0 Å². The molecule has 2 aromatic rings. The minimum Gasteiger partial charge on any atom is -0.384 e. The van der Waals surface area contributed by atoms with E-state index in [4.69, 9.17) is 5.73 Å². The lowest BCUT2D eigenvalue weighted by Gasteiger charge is -2.17. The Hall–Kier alpha value is -1.07. The van der Waals surface area contributed by atoms with Gasteiger partial charge in [-0.15, -0.1) is 0 Å². The number of nitrogens with zero attached hydrogens (tertiary/aromatic N) is 2. The first-order chi connectivity index (χ1) is 8.84. The predicted octanol–water partition coefficient (Wildman–Crippen LogP) is 4.27. The van der Waals surface area contributed by atoms with Crippen LogP contribution in [0.25, 0.3) is 0 Å². The predicted molar refractivity (Wildman–Crippen MR) is 83.4 cm³/mol. The lowest BCUT2D eigenvalue weighted by molar-refractivity contribution is 0.540. The highest BCUT2D eigenvalue weighted by atomic mass is 79.9. The minimum atomic E-state index is -0.109. The molecule has 0 saturated carbocycles.